The van der Waals surface area contributed by atoms with E-state index in [-0.39, 0.29) is 5.54 Å². The maximum atomic E-state index is 6.06. The average molecular weight is 226 g/mol. The van der Waals surface area contributed by atoms with Gasteiger partial charge in [0.2, 0.25) is 0 Å². The molecule has 0 radical (unpaired) electrons. The van der Waals surface area contributed by atoms with E-state index in [1.165, 1.54) is 32.2 Å². The summed E-state index contributed by atoms with van der Waals surface area (Å²) in [6.45, 7) is 8.38. The fourth-order valence-corrected chi connectivity index (χ4v) is 3.42. The molecule has 0 spiro atoms. The van der Waals surface area contributed by atoms with Crippen LogP contribution in [0.15, 0.2) is 0 Å². The van der Waals surface area contributed by atoms with Gasteiger partial charge in [-0.3, -0.25) is 4.90 Å². The van der Waals surface area contributed by atoms with E-state index in [1.807, 2.05) is 0 Å². The van der Waals surface area contributed by atoms with E-state index in [9.17, 15) is 0 Å². The predicted octanol–water partition coefficient (Wildman–Crippen LogP) is 1.61. The monoisotopic (exact) mass is 226 g/mol. The van der Waals surface area contributed by atoms with E-state index in [1.54, 1.807) is 0 Å². The van der Waals surface area contributed by atoms with Crippen molar-refractivity contribution in [2.75, 3.05) is 26.3 Å². The summed E-state index contributed by atoms with van der Waals surface area (Å²) in [6, 6.07) is 0.713. The maximum absolute atomic E-state index is 6.06. The van der Waals surface area contributed by atoms with Crippen molar-refractivity contribution in [3.8, 4) is 0 Å². The standard InChI is InChI=1S/C13H26N2O/c1-11(2)12-5-3-7-15(12)13(9-14)6-4-8-16-10-13/h11-12H,3-10,14H2,1-2H3. The van der Waals surface area contributed by atoms with Gasteiger partial charge in [0.15, 0.2) is 0 Å². The van der Waals surface area contributed by atoms with E-state index >= 15 is 0 Å². The van der Waals surface area contributed by atoms with Gasteiger partial charge < -0.3 is 10.5 Å². The van der Waals surface area contributed by atoms with Gasteiger partial charge in [-0.2, -0.15) is 0 Å². The molecule has 0 amide bonds. The smallest absolute Gasteiger partial charge is 0.0662 e. The van der Waals surface area contributed by atoms with E-state index < -0.39 is 0 Å². The largest absolute Gasteiger partial charge is 0.379 e. The number of likely N-dealkylation sites (tertiary alicyclic amines) is 1. The van der Waals surface area contributed by atoms with Gasteiger partial charge in [-0.05, 0) is 38.1 Å². The molecule has 0 aromatic carbocycles. The molecule has 0 aromatic rings. The lowest BCUT2D eigenvalue weighted by Crippen LogP contribution is -2.60. The molecule has 2 aliphatic rings. The maximum Gasteiger partial charge on any atom is 0.0662 e. The SMILES string of the molecule is CC(C)C1CCCN1C1(CN)CCCOC1. The fourth-order valence-electron chi connectivity index (χ4n) is 3.42. The molecule has 3 heteroatoms. The lowest BCUT2D eigenvalue weighted by molar-refractivity contribution is -0.0568. The molecule has 0 aliphatic carbocycles. The van der Waals surface area contributed by atoms with Gasteiger partial charge in [0, 0.05) is 19.2 Å². The first-order valence-corrected chi connectivity index (χ1v) is 6.74. The molecule has 94 valence electrons. The van der Waals surface area contributed by atoms with Gasteiger partial charge in [0.05, 0.1) is 12.1 Å². The third kappa shape index (κ3) is 2.13. The van der Waals surface area contributed by atoms with Crippen LogP contribution in [0.5, 0.6) is 0 Å². The van der Waals surface area contributed by atoms with Crippen LogP contribution in [0.2, 0.25) is 0 Å². The molecule has 2 atom stereocenters. The van der Waals surface area contributed by atoms with Gasteiger partial charge >= 0.3 is 0 Å². The second-order valence-corrected chi connectivity index (χ2v) is 5.73. The van der Waals surface area contributed by atoms with E-state index in [2.05, 4.69) is 18.7 Å². The summed E-state index contributed by atoms with van der Waals surface area (Å²) in [6.07, 6.45) is 5.04. The zero-order chi connectivity index (χ0) is 11.6. The Labute approximate surface area is 99.3 Å². The molecule has 2 N–H and O–H groups in total. The molecule has 2 unspecified atom stereocenters. The van der Waals surface area contributed by atoms with Crippen LogP contribution in [-0.2, 0) is 4.74 Å². The molecule has 2 fully saturated rings. The number of hydrogen-bond acceptors (Lipinski definition) is 3. The third-order valence-corrected chi connectivity index (χ3v) is 4.36. The lowest BCUT2D eigenvalue weighted by Gasteiger charge is -2.47. The normalized spacial score (nSPS) is 37.1. The van der Waals surface area contributed by atoms with Crippen LogP contribution in [0.4, 0.5) is 0 Å². The van der Waals surface area contributed by atoms with Crippen molar-refractivity contribution in [1.29, 1.82) is 0 Å². The Bertz CT molecular complexity index is 224. The number of rotatable bonds is 3. The first kappa shape index (κ1) is 12.3. The Morgan fingerprint density at radius 3 is 2.81 bits per heavy atom. The van der Waals surface area contributed by atoms with Crippen molar-refractivity contribution in [2.45, 2.75) is 51.1 Å². The Morgan fingerprint density at radius 2 is 2.25 bits per heavy atom. The summed E-state index contributed by atoms with van der Waals surface area (Å²) >= 11 is 0. The Balaban J connectivity index is 2.12. The molecule has 16 heavy (non-hydrogen) atoms. The highest BCUT2D eigenvalue weighted by molar-refractivity contribution is 4.99. The van der Waals surface area contributed by atoms with Crippen LogP contribution in [0.3, 0.4) is 0 Å². The van der Waals surface area contributed by atoms with Gasteiger partial charge in [0.1, 0.15) is 0 Å². The molecule has 2 saturated heterocycles. The van der Waals surface area contributed by atoms with Crippen molar-refractivity contribution >= 4 is 0 Å². The van der Waals surface area contributed by atoms with Crippen LogP contribution in [0.1, 0.15) is 39.5 Å². The molecule has 2 heterocycles. The highest BCUT2D eigenvalue weighted by Gasteiger charge is 2.43. The van der Waals surface area contributed by atoms with Gasteiger partial charge in [-0.25, -0.2) is 0 Å². The van der Waals surface area contributed by atoms with Gasteiger partial charge in [-0.15, -0.1) is 0 Å². The van der Waals surface area contributed by atoms with E-state index in [4.69, 9.17) is 10.5 Å². The van der Waals surface area contributed by atoms with Crippen molar-refractivity contribution in [2.24, 2.45) is 11.7 Å². The van der Waals surface area contributed by atoms with Crippen molar-refractivity contribution < 1.29 is 4.74 Å². The summed E-state index contributed by atoms with van der Waals surface area (Å²) in [4.78, 5) is 2.66. The van der Waals surface area contributed by atoms with E-state index in [0.717, 1.165) is 25.7 Å². The third-order valence-electron chi connectivity index (χ3n) is 4.36. The first-order valence-electron chi connectivity index (χ1n) is 6.74. The Kier molecular flexibility index (Phi) is 3.88. The van der Waals surface area contributed by atoms with Crippen molar-refractivity contribution in [1.82, 2.24) is 4.90 Å². The summed E-state index contributed by atoms with van der Waals surface area (Å²) in [7, 11) is 0. The van der Waals surface area contributed by atoms with Crippen LogP contribution in [0.25, 0.3) is 0 Å². The zero-order valence-corrected chi connectivity index (χ0v) is 10.7. The Morgan fingerprint density at radius 1 is 1.44 bits per heavy atom. The molecule has 3 nitrogen and oxygen atoms in total. The molecule has 0 aromatic heterocycles. The molecule has 2 aliphatic heterocycles. The van der Waals surface area contributed by atoms with Crippen LogP contribution in [-0.4, -0.2) is 42.8 Å². The second-order valence-electron chi connectivity index (χ2n) is 5.73. The number of ether oxygens (including phenoxy) is 1. The van der Waals surface area contributed by atoms with Crippen LogP contribution in [0, 0.1) is 5.92 Å². The fraction of sp³-hybridized carbons (Fsp3) is 1.00. The molecule has 0 saturated carbocycles. The van der Waals surface area contributed by atoms with Crippen molar-refractivity contribution in [3.05, 3.63) is 0 Å². The summed E-state index contributed by atoms with van der Waals surface area (Å²) in [5.74, 6) is 0.729. The molecule has 0 bridgehead atoms. The summed E-state index contributed by atoms with van der Waals surface area (Å²) < 4.78 is 5.70. The second kappa shape index (κ2) is 5.03. The minimum Gasteiger partial charge on any atom is -0.379 e. The lowest BCUT2D eigenvalue weighted by atomic mass is 9.88. The number of nitrogens with two attached hydrogens (primary N) is 1. The van der Waals surface area contributed by atoms with E-state index in [0.29, 0.717) is 6.04 Å². The number of hydrogen-bond donors (Lipinski definition) is 1. The quantitative estimate of drug-likeness (QED) is 0.794. The molecular formula is C13H26N2O. The minimum atomic E-state index is 0.143. The topological polar surface area (TPSA) is 38.5 Å². The highest BCUT2D eigenvalue weighted by atomic mass is 16.5. The highest BCUT2D eigenvalue weighted by Crippen LogP contribution is 2.35. The van der Waals surface area contributed by atoms with Crippen molar-refractivity contribution in [3.63, 3.8) is 0 Å². The minimum absolute atomic E-state index is 0.143. The zero-order valence-electron chi connectivity index (χ0n) is 10.7. The Hall–Kier alpha value is -0.120. The average Bonchev–Trinajstić information content (AvgIpc) is 2.79. The van der Waals surface area contributed by atoms with Gasteiger partial charge in [-0.1, -0.05) is 13.8 Å². The molecular weight excluding hydrogens is 200 g/mol. The van der Waals surface area contributed by atoms with Gasteiger partial charge in [0.25, 0.3) is 0 Å². The first-order chi connectivity index (χ1) is 7.69. The summed E-state index contributed by atoms with van der Waals surface area (Å²) in [5, 5.41) is 0. The molecule has 2 rings (SSSR count). The van der Waals surface area contributed by atoms with Crippen LogP contribution < -0.4 is 5.73 Å². The number of nitrogens with zero attached hydrogens (tertiary/aromatic N) is 1. The predicted molar refractivity (Wildman–Crippen MR) is 66.4 cm³/mol. The summed E-state index contributed by atoms with van der Waals surface area (Å²) in [5.41, 5.74) is 6.20. The van der Waals surface area contributed by atoms with Crippen LogP contribution >= 0.6 is 0 Å².